The molecular weight excluding hydrogens is 436 g/mol. The number of carbonyl (C=O) groups excluding carboxylic acids is 1. The molecule has 2 aliphatic rings. The lowest BCUT2D eigenvalue weighted by atomic mass is 9.88. The predicted molar refractivity (Wildman–Crippen MR) is 132 cm³/mol. The lowest BCUT2D eigenvalue weighted by Gasteiger charge is -2.38. The van der Waals surface area contributed by atoms with Crippen molar-refractivity contribution in [3.63, 3.8) is 0 Å². The number of methoxy groups -OCH3 is 1. The van der Waals surface area contributed by atoms with E-state index >= 15 is 0 Å². The van der Waals surface area contributed by atoms with Gasteiger partial charge in [-0.15, -0.1) is 0 Å². The summed E-state index contributed by atoms with van der Waals surface area (Å²) in [6.07, 6.45) is 5.73. The van der Waals surface area contributed by atoms with Gasteiger partial charge in [0.2, 0.25) is 5.91 Å². The fourth-order valence-electron chi connectivity index (χ4n) is 4.88. The van der Waals surface area contributed by atoms with E-state index in [1.807, 2.05) is 42.5 Å². The van der Waals surface area contributed by atoms with E-state index in [1.54, 1.807) is 7.11 Å². The standard InChI is InChI=1S/C27H35ClN2O3/c1-32-25-9-5-6-21(18-25)20-33-26(22-10-12-24(28)13-11-22)19-29-14-16-30(17-15-29)27(31)23-7-3-2-4-8-23/h5-6,9-13,18,23,26H,2-4,7-8,14-17,19-20H2,1H3/t26-/m0/s1. The molecule has 4 rings (SSSR count). The molecule has 2 aromatic rings. The molecule has 1 amide bonds. The second kappa shape index (κ2) is 11.9. The summed E-state index contributed by atoms with van der Waals surface area (Å²) in [5.41, 5.74) is 2.19. The smallest absolute Gasteiger partial charge is 0.225 e. The molecular formula is C27H35ClN2O3. The average Bonchev–Trinajstić information content (AvgIpc) is 2.87. The molecule has 1 aliphatic heterocycles. The number of benzene rings is 2. The van der Waals surface area contributed by atoms with Crippen LogP contribution in [0.2, 0.25) is 5.02 Å². The summed E-state index contributed by atoms with van der Waals surface area (Å²) < 4.78 is 11.7. The van der Waals surface area contributed by atoms with Crippen LogP contribution in [-0.4, -0.2) is 55.5 Å². The summed E-state index contributed by atoms with van der Waals surface area (Å²) >= 11 is 6.12. The van der Waals surface area contributed by atoms with Gasteiger partial charge in [-0.1, -0.05) is 55.1 Å². The summed E-state index contributed by atoms with van der Waals surface area (Å²) in [5, 5.41) is 0.722. The maximum atomic E-state index is 12.9. The number of halogens is 1. The predicted octanol–water partition coefficient (Wildman–Crippen LogP) is 5.33. The van der Waals surface area contributed by atoms with Gasteiger partial charge in [0.15, 0.2) is 0 Å². The average molecular weight is 471 g/mol. The largest absolute Gasteiger partial charge is 0.497 e. The van der Waals surface area contributed by atoms with Crippen molar-refractivity contribution in [1.29, 1.82) is 0 Å². The Morgan fingerprint density at radius 1 is 1.03 bits per heavy atom. The highest BCUT2D eigenvalue weighted by molar-refractivity contribution is 6.30. The molecule has 2 fully saturated rings. The monoisotopic (exact) mass is 470 g/mol. The van der Waals surface area contributed by atoms with Gasteiger partial charge < -0.3 is 14.4 Å². The van der Waals surface area contributed by atoms with Gasteiger partial charge in [0.1, 0.15) is 5.75 Å². The first-order valence-electron chi connectivity index (χ1n) is 12.1. The number of amides is 1. The van der Waals surface area contributed by atoms with E-state index in [-0.39, 0.29) is 12.0 Å². The van der Waals surface area contributed by atoms with Gasteiger partial charge in [0.05, 0.1) is 19.8 Å². The highest BCUT2D eigenvalue weighted by atomic mass is 35.5. The van der Waals surface area contributed by atoms with Gasteiger partial charge in [-0.3, -0.25) is 9.69 Å². The van der Waals surface area contributed by atoms with Crippen molar-refractivity contribution in [3.05, 3.63) is 64.7 Å². The second-order valence-electron chi connectivity index (χ2n) is 9.16. The Labute approximate surface area is 202 Å². The summed E-state index contributed by atoms with van der Waals surface area (Å²) in [7, 11) is 1.68. The molecule has 0 aromatic heterocycles. The Balaban J connectivity index is 1.36. The van der Waals surface area contributed by atoms with Crippen LogP contribution >= 0.6 is 11.6 Å². The van der Waals surface area contributed by atoms with Gasteiger partial charge in [-0.25, -0.2) is 0 Å². The normalized spacial score (nSPS) is 18.8. The number of rotatable bonds is 8. The minimum absolute atomic E-state index is 0.0749. The molecule has 0 radical (unpaired) electrons. The SMILES string of the molecule is COc1cccc(CO[C@@H](CN2CCN(C(=O)C3CCCCC3)CC2)c2ccc(Cl)cc2)c1. The zero-order valence-electron chi connectivity index (χ0n) is 19.5. The molecule has 1 atom stereocenters. The van der Waals surface area contributed by atoms with Crippen LogP contribution in [0.4, 0.5) is 0 Å². The summed E-state index contributed by atoms with van der Waals surface area (Å²) in [6, 6.07) is 15.9. The van der Waals surface area contributed by atoms with Gasteiger partial charge in [0, 0.05) is 43.7 Å². The first-order valence-corrected chi connectivity index (χ1v) is 12.5. The van der Waals surface area contributed by atoms with Crippen LogP contribution in [0.1, 0.15) is 49.3 Å². The van der Waals surface area contributed by atoms with E-state index in [2.05, 4.69) is 15.9 Å². The second-order valence-corrected chi connectivity index (χ2v) is 9.60. The third kappa shape index (κ3) is 6.72. The van der Waals surface area contributed by atoms with Crippen LogP contribution in [0.5, 0.6) is 5.75 Å². The van der Waals surface area contributed by atoms with Crippen LogP contribution in [0, 0.1) is 5.92 Å². The number of ether oxygens (including phenoxy) is 2. The zero-order valence-corrected chi connectivity index (χ0v) is 20.3. The van der Waals surface area contributed by atoms with Crippen LogP contribution < -0.4 is 4.74 Å². The molecule has 1 saturated carbocycles. The van der Waals surface area contributed by atoms with Crippen LogP contribution in [0.3, 0.4) is 0 Å². The van der Waals surface area contributed by atoms with E-state index in [9.17, 15) is 4.79 Å². The fraction of sp³-hybridized carbons (Fsp3) is 0.519. The first-order chi connectivity index (χ1) is 16.1. The number of carbonyl (C=O) groups is 1. The molecule has 2 aromatic carbocycles. The Kier molecular flexibility index (Phi) is 8.65. The van der Waals surface area contributed by atoms with Gasteiger partial charge in [-0.2, -0.15) is 0 Å². The summed E-state index contributed by atoms with van der Waals surface area (Å²) in [4.78, 5) is 17.4. The molecule has 0 unspecified atom stereocenters. The number of hydrogen-bond donors (Lipinski definition) is 0. The number of nitrogens with zero attached hydrogens (tertiary/aromatic N) is 2. The molecule has 1 aliphatic carbocycles. The van der Waals surface area contributed by atoms with Crippen molar-refractivity contribution in [2.45, 2.75) is 44.8 Å². The van der Waals surface area contributed by atoms with E-state index in [1.165, 1.54) is 19.3 Å². The van der Waals surface area contributed by atoms with E-state index < -0.39 is 0 Å². The van der Waals surface area contributed by atoms with E-state index in [0.29, 0.717) is 12.5 Å². The van der Waals surface area contributed by atoms with Crippen molar-refractivity contribution in [2.75, 3.05) is 39.8 Å². The highest BCUT2D eigenvalue weighted by Gasteiger charge is 2.29. The molecule has 0 bridgehead atoms. The van der Waals surface area contributed by atoms with Crippen LogP contribution in [0.15, 0.2) is 48.5 Å². The van der Waals surface area contributed by atoms with Crippen molar-refractivity contribution in [2.24, 2.45) is 5.92 Å². The van der Waals surface area contributed by atoms with Gasteiger partial charge >= 0.3 is 0 Å². The van der Waals surface area contributed by atoms with Gasteiger partial charge in [-0.05, 0) is 48.2 Å². The first kappa shape index (κ1) is 24.1. The minimum Gasteiger partial charge on any atom is -0.497 e. The maximum Gasteiger partial charge on any atom is 0.225 e. The maximum absolute atomic E-state index is 12.9. The summed E-state index contributed by atoms with van der Waals surface area (Å²) in [5.74, 6) is 1.45. The number of hydrogen-bond acceptors (Lipinski definition) is 4. The third-order valence-electron chi connectivity index (χ3n) is 6.89. The quantitative estimate of drug-likeness (QED) is 0.522. The van der Waals surface area contributed by atoms with E-state index in [0.717, 1.165) is 67.5 Å². The van der Waals surface area contributed by atoms with Crippen molar-refractivity contribution >= 4 is 17.5 Å². The number of piperazine rings is 1. The topological polar surface area (TPSA) is 42.0 Å². The lowest BCUT2D eigenvalue weighted by molar-refractivity contribution is -0.138. The molecule has 1 heterocycles. The highest BCUT2D eigenvalue weighted by Crippen LogP contribution is 2.27. The molecule has 6 heteroatoms. The van der Waals surface area contributed by atoms with Crippen molar-refractivity contribution in [3.8, 4) is 5.75 Å². The fourth-order valence-corrected chi connectivity index (χ4v) is 5.01. The van der Waals surface area contributed by atoms with Crippen molar-refractivity contribution in [1.82, 2.24) is 9.80 Å². The van der Waals surface area contributed by atoms with E-state index in [4.69, 9.17) is 21.1 Å². The Hall–Kier alpha value is -2.08. The molecule has 178 valence electrons. The minimum atomic E-state index is -0.0749. The zero-order chi connectivity index (χ0) is 23.0. The Morgan fingerprint density at radius 3 is 2.45 bits per heavy atom. The Bertz CT molecular complexity index is 890. The lowest BCUT2D eigenvalue weighted by Crippen LogP contribution is -2.51. The van der Waals surface area contributed by atoms with Crippen LogP contribution in [0.25, 0.3) is 0 Å². The molecule has 0 spiro atoms. The van der Waals surface area contributed by atoms with Crippen LogP contribution in [-0.2, 0) is 16.1 Å². The molecule has 0 N–H and O–H groups in total. The van der Waals surface area contributed by atoms with Gasteiger partial charge in [0.25, 0.3) is 0 Å². The third-order valence-corrected chi connectivity index (χ3v) is 7.14. The van der Waals surface area contributed by atoms with Crippen molar-refractivity contribution < 1.29 is 14.3 Å². The molecule has 5 nitrogen and oxygen atoms in total. The molecule has 1 saturated heterocycles. The molecule has 33 heavy (non-hydrogen) atoms. The Morgan fingerprint density at radius 2 is 1.76 bits per heavy atom. The summed E-state index contributed by atoms with van der Waals surface area (Å²) in [6.45, 7) is 4.66.